The van der Waals surface area contributed by atoms with Crippen molar-refractivity contribution in [3.63, 3.8) is 0 Å². The van der Waals surface area contributed by atoms with Crippen LogP contribution in [0, 0.1) is 0 Å². The van der Waals surface area contributed by atoms with E-state index in [0.29, 0.717) is 0 Å². The number of primary amides is 1. The highest BCUT2D eigenvalue weighted by molar-refractivity contribution is 5.85. The number of hydrogen-bond acceptors (Lipinski definition) is 3. The number of carbonyl (C=O) groups excluding carboxylic acids is 2. The van der Waals surface area contributed by atoms with E-state index in [1.807, 2.05) is 0 Å². The molecule has 70 valence electrons. The molecule has 1 atom stereocenters. The van der Waals surface area contributed by atoms with Crippen molar-refractivity contribution in [1.29, 1.82) is 0 Å². The first-order chi connectivity index (χ1) is 5.43. The minimum absolute atomic E-state index is 0.307. The van der Waals surface area contributed by atoms with Crippen LogP contribution in [-0.2, 0) is 4.79 Å². The minimum Gasteiger partial charge on any atom is -0.352 e. The van der Waals surface area contributed by atoms with E-state index >= 15 is 0 Å². The SMILES string of the molecule is CC(NC(N)=O)C(=O)NN(C)C. The van der Waals surface area contributed by atoms with Crippen LogP contribution in [0.2, 0.25) is 0 Å². The fourth-order valence-electron chi connectivity index (χ4n) is 0.596. The second-order valence-corrected chi connectivity index (χ2v) is 2.60. The number of nitrogens with one attached hydrogen (secondary N) is 2. The largest absolute Gasteiger partial charge is 0.352 e. The standard InChI is InChI=1S/C6H14N4O2/c1-4(8-6(7)12)5(11)9-10(2)3/h4H,1-3H3,(H,9,11)(H3,7,8,12). The molecule has 3 amide bonds. The fourth-order valence-corrected chi connectivity index (χ4v) is 0.596. The van der Waals surface area contributed by atoms with Gasteiger partial charge in [0.2, 0.25) is 0 Å². The molecule has 12 heavy (non-hydrogen) atoms. The molecule has 0 radical (unpaired) electrons. The molecule has 0 heterocycles. The third-order valence-corrected chi connectivity index (χ3v) is 1.09. The molecule has 0 aromatic carbocycles. The number of hydrogen-bond donors (Lipinski definition) is 3. The molecule has 0 fully saturated rings. The Morgan fingerprint density at radius 3 is 2.25 bits per heavy atom. The van der Waals surface area contributed by atoms with Gasteiger partial charge in [-0.1, -0.05) is 0 Å². The molecular formula is C6H14N4O2. The second kappa shape index (κ2) is 4.55. The Morgan fingerprint density at radius 1 is 1.42 bits per heavy atom. The summed E-state index contributed by atoms with van der Waals surface area (Å²) < 4.78 is 0. The van der Waals surface area contributed by atoms with Crippen molar-refractivity contribution in [3.8, 4) is 0 Å². The molecule has 0 aromatic heterocycles. The average Bonchev–Trinajstić information content (AvgIpc) is 1.84. The minimum atomic E-state index is -0.712. The summed E-state index contributed by atoms with van der Waals surface area (Å²) in [7, 11) is 3.35. The molecule has 0 saturated heterocycles. The van der Waals surface area contributed by atoms with Gasteiger partial charge in [0.05, 0.1) is 0 Å². The first kappa shape index (κ1) is 10.7. The lowest BCUT2D eigenvalue weighted by Gasteiger charge is -2.16. The predicted molar refractivity (Wildman–Crippen MR) is 44.0 cm³/mol. The van der Waals surface area contributed by atoms with Gasteiger partial charge in [-0.3, -0.25) is 10.2 Å². The number of urea groups is 1. The molecule has 0 rings (SSSR count). The van der Waals surface area contributed by atoms with Crippen molar-refractivity contribution in [1.82, 2.24) is 15.8 Å². The Balaban J connectivity index is 3.85. The van der Waals surface area contributed by atoms with Crippen molar-refractivity contribution in [2.45, 2.75) is 13.0 Å². The molecule has 1 unspecified atom stereocenters. The molecule has 0 aliphatic rings. The van der Waals surface area contributed by atoms with Gasteiger partial charge < -0.3 is 11.1 Å². The van der Waals surface area contributed by atoms with Crippen LogP contribution >= 0.6 is 0 Å². The van der Waals surface area contributed by atoms with E-state index < -0.39 is 12.1 Å². The number of nitrogens with two attached hydrogens (primary N) is 1. The Labute approximate surface area is 71.1 Å². The summed E-state index contributed by atoms with van der Waals surface area (Å²) in [6, 6.07) is -1.33. The van der Waals surface area contributed by atoms with Gasteiger partial charge in [0.1, 0.15) is 6.04 Å². The molecule has 0 aromatic rings. The molecular weight excluding hydrogens is 160 g/mol. The molecule has 6 heteroatoms. The second-order valence-electron chi connectivity index (χ2n) is 2.60. The van der Waals surface area contributed by atoms with E-state index in [1.54, 1.807) is 21.0 Å². The summed E-state index contributed by atoms with van der Waals surface area (Å²) in [5.41, 5.74) is 7.29. The van der Waals surface area contributed by atoms with Crippen LogP contribution in [0.3, 0.4) is 0 Å². The topological polar surface area (TPSA) is 87.5 Å². The summed E-state index contributed by atoms with van der Waals surface area (Å²) >= 11 is 0. The summed E-state index contributed by atoms with van der Waals surface area (Å²) in [5, 5.41) is 3.74. The zero-order valence-corrected chi connectivity index (χ0v) is 7.42. The first-order valence-electron chi connectivity index (χ1n) is 3.47. The number of nitrogens with zero attached hydrogens (tertiary/aromatic N) is 1. The van der Waals surface area contributed by atoms with Gasteiger partial charge in [-0.25, -0.2) is 9.80 Å². The maximum absolute atomic E-state index is 11.1. The highest BCUT2D eigenvalue weighted by Gasteiger charge is 2.13. The van der Waals surface area contributed by atoms with Gasteiger partial charge in [-0.15, -0.1) is 0 Å². The van der Waals surface area contributed by atoms with Crippen LogP contribution in [0.25, 0.3) is 0 Å². The maximum Gasteiger partial charge on any atom is 0.312 e. The van der Waals surface area contributed by atoms with Crippen molar-refractivity contribution in [2.24, 2.45) is 5.73 Å². The van der Waals surface area contributed by atoms with E-state index in [1.165, 1.54) is 5.01 Å². The van der Waals surface area contributed by atoms with Crippen LogP contribution in [0.4, 0.5) is 4.79 Å². The summed E-state index contributed by atoms with van der Waals surface area (Å²) in [6.45, 7) is 1.55. The van der Waals surface area contributed by atoms with Crippen LogP contribution < -0.4 is 16.5 Å². The Bertz CT molecular complexity index is 180. The lowest BCUT2D eigenvalue weighted by molar-refractivity contribution is -0.126. The monoisotopic (exact) mass is 174 g/mol. The van der Waals surface area contributed by atoms with Gasteiger partial charge in [-0.2, -0.15) is 0 Å². The molecule has 0 spiro atoms. The van der Waals surface area contributed by atoms with E-state index in [0.717, 1.165) is 0 Å². The summed E-state index contributed by atoms with van der Waals surface area (Å²) in [6.07, 6.45) is 0. The number of rotatable bonds is 3. The Morgan fingerprint density at radius 2 is 1.92 bits per heavy atom. The van der Waals surface area contributed by atoms with E-state index in [-0.39, 0.29) is 5.91 Å². The molecule has 4 N–H and O–H groups in total. The molecule has 0 saturated carbocycles. The number of carbonyl (C=O) groups is 2. The van der Waals surface area contributed by atoms with Crippen molar-refractivity contribution < 1.29 is 9.59 Å². The van der Waals surface area contributed by atoms with Crippen LogP contribution in [0.1, 0.15) is 6.92 Å². The summed E-state index contributed by atoms with van der Waals surface area (Å²) in [5.74, 6) is -0.307. The van der Waals surface area contributed by atoms with Crippen molar-refractivity contribution in [3.05, 3.63) is 0 Å². The molecule has 0 bridgehead atoms. The van der Waals surface area contributed by atoms with Gasteiger partial charge in [0, 0.05) is 14.1 Å². The first-order valence-corrected chi connectivity index (χ1v) is 3.47. The van der Waals surface area contributed by atoms with Crippen LogP contribution in [-0.4, -0.2) is 37.1 Å². The van der Waals surface area contributed by atoms with Gasteiger partial charge in [-0.05, 0) is 6.92 Å². The third-order valence-electron chi connectivity index (χ3n) is 1.09. The number of amides is 3. The molecule has 6 nitrogen and oxygen atoms in total. The number of hydrazine groups is 1. The Hall–Kier alpha value is -1.30. The van der Waals surface area contributed by atoms with Crippen LogP contribution in [0.5, 0.6) is 0 Å². The maximum atomic E-state index is 11.1. The van der Waals surface area contributed by atoms with Gasteiger partial charge in [0.25, 0.3) is 5.91 Å². The smallest absolute Gasteiger partial charge is 0.312 e. The van der Waals surface area contributed by atoms with E-state index in [4.69, 9.17) is 5.73 Å². The average molecular weight is 174 g/mol. The highest BCUT2D eigenvalue weighted by atomic mass is 16.2. The zero-order chi connectivity index (χ0) is 9.72. The molecule has 0 aliphatic carbocycles. The lowest BCUT2D eigenvalue weighted by Crippen LogP contribution is -2.50. The predicted octanol–water partition coefficient (Wildman–Crippen LogP) is -1.36. The van der Waals surface area contributed by atoms with E-state index in [9.17, 15) is 9.59 Å². The third kappa shape index (κ3) is 4.51. The fraction of sp³-hybridized carbons (Fsp3) is 0.667. The molecule has 0 aliphatic heterocycles. The lowest BCUT2D eigenvalue weighted by atomic mass is 10.3. The highest BCUT2D eigenvalue weighted by Crippen LogP contribution is 1.80. The van der Waals surface area contributed by atoms with Gasteiger partial charge in [0.15, 0.2) is 0 Å². The van der Waals surface area contributed by atoms with Crippen molar-refractivity contribution in [2.75, 3.05) is 14.1 Å². The zero-order valence-electron chi connectivity index (χ0n) is 7.42. The van der Waals surface area contributed by atoms with Gasteiger partial charge >= 0.3 is 6.03 Å². The van der Waals surface area contributed by atoms with Crippen molar-refractivity contribution >= 4 is 11.9 Å². The van der Waals surface area contributed by atoms with E-state index in [2.05, 4.69) is 10.7 Å². The normalized spacial score (nSPS) is 12.3. The summed E-state index contributed by atoms with van der Waals surface area (Å²) in [4.78, 5) is 21.4. The van der Waals surface area contributed by atoms with Crippen LogP contribution in [0.15, 0.2) is 0 Å². The quantitative estimate of drug-likeness (QED) is 0.461. The Kier molecular flexibility index (Phi) is 4.06.